The molecule has 26 heavy (non-hydrogen) atoms. The van der Waals surface area contributed by atoms with Gasteiger partial charge in [0.1, 0.15) is 5.75 Å². The first-order valence-electron chi connectivity index (χ1n) is 7.84. The Morgan fingerprint density at radius 2 is 1.96 bits per heavy atom. The molecule has 0 aromatic heterocycles. The minimum atomic E-state index is -3.55. The highest BCUT2D eigenvalue weighted by atomic mass is 35.5. The maximum atomic E-state index is 12.6. The van der Waals surface area contributed by atoms with Crippen molar-refractivity contribution >= 4 is 50.5 Å². The Morgan fingerprint density at radius 1 is 1.23 bits per heavy atom. The average molecular weight is 415 g/mol. The Labute approximate surface area is 161 Å². The summed E-state index contributed by atoms with van der Waals surface area (Å²) in [5.74, 6) is -0.220. The van der Waals surface area contributed by atoms with E-state index in [1.54, 1.807) is 43.3 Å². The molecule has 0 aliphatic carbocycles. The summed E-state index contributed by atoms with van der Waals surface area (Å²) in [4.78, 5) is 12.6. The number of carbonyl (C=O) groups excluding carboxylic acids is 1. The molecule has 2 aromatic rings. The molecule has 138 valence electrons. The van der Waals surface area contributed by atoms with E-state index in [0.29, 0.717) is 27.2 Å². The summed E-state index contributed by atoms with van der Waals surface area (Å²) in [5.41, 5.74) is 0.865. The van der Waals surface area contributed by atoms with Gasteiger partial charge in [0.2, 0.25) is 10.0 Å². The van der Waals surface area contributed by atoms with Crippen LogP contribution in [0, 0.1) is 0 Å². The molecule has 3 rings (SSSR count). The van der Waals surface area contributed by atoms with Crippen molar-refractivity contribution in [3.63, 3.8) is 0 Å². The Bertz CT molecular complexity index is 950. The van der Waals surface area contributed by atoms with Gasteiger partial charge < -0.3 is 10.1 Å². The predicted molar refractivity (Wildman–Crippen MR) is 103 cm³/mol. The lowest BCUT2D eigenvalue weighted by molar-refractivity contribution is -0.122. The number of rotatable bonds is 4. The first kappa shape index (κ1) is 18.8. The second kappa shape index (κ2) is 7.34. The van der Waals surface area contributed by atoms with E-state index < -0.39 is 22.0 Å². The number of nitrogens with zero attached hydrogens (tertiary/aromatic N) is 1. The van der Waals surface area contributed by atoms with E-state index in [2.05, 4.69) is 5.32 Å². The fourth-order valence-electron chi connectivity index (χ4n) is 2.55. The van der Waals surface area contributed by atoms with E-state index >= 15 is 0 Å². The first-order valence-corrected chi connectivity index (χ1v) is 10.2. The fourth-order valence-corrected chi connectivity index (χ4v) is 3.98. The lowest BCUT2D eigenvalue weighted by atomic mass is 10.2. The van der Waals surface area contributed by atoms with E-state index in [1.807, 2.05) is 0 Å². The second-order valence-electron chi connectivity index (χ2n) is 5.62. The van der Waals surface area contributed by atoms with Crippen LogP contribution in [0.3, 0.4) is 0 Å². The molecule has 0 fully saturated rings. The lowest BCUT2D eigenvalue weighted by Crippen LogP contribution is -2.49. The number of sulfonamides is 1. The third kappa shape index (κ3) is 3.75. The summed E-state index contributed by atoms with van der Waals surface area (Å²) >= 11 is 11.8. The van der Waals surface area contributed by atoms with Crippen LogP contribution in [0.15, 0.2) is 42.5 Å². The van der Waals surface area contributed by atoms with Crippen LogP contribution in [0.2, 0.25) is 10.0 Å². The van der Waals surface area contributed by atoms with E-state index in [4.69, 9.17) is 27.9 Å². The number of benzene rings is 2. The summed E-state index contributed by atoms with van der Waals surface area (Å²) < 4.78 is 31.8. The molecule has 1 amide bonds. The number of nitrogens with one attached hydrogen (secondary N) is 1. The van der Waals surface area contributed by atoms with Crippen molar-refractivity contribution in [2.24, 2.45) is 0 Å². The number of anilines is 2. The van der Waals surface area contributed by atoms with Crippen LogP contribution in [-0.4, -0.2) is 32.7 Å². The highest BCUT2D eigenvalue weighted by Gasteiger charge is 2.35. The number of hydrogen-bond donors (Lipinski definition) is 1. The van der Waals surface area contributed by atoms with Gasteiger partial charge in [0.25, 0.3) is 5.91 Å². The molecule has 0 saturated heterocycles. The minimum absolute atomic E-state index is 0.0809. The van der Waals surface area contributed by atoms with Gasteiger partial charge in [0.05, 0.1) is 28.0 Å². The molecule has 0 radical (unpaired) electrons. The van der Waals surface area contributed by atoms with Crippen molar-refractivity contribution in [2.45, 2.75) is 13.0 Å². The second-order valence-corrected chi connectivity index (χ2v) is 8.62. The molecule has 2 aromatic carbocycles. The van der Waals surface area contributed by atoms with Gasteiger partial charge in [-0.3, -0.25) is 9.10 Å². The van der Waals surface area contributed by atoms with Crippen molar-refractivity contribution in [2.75, 3.05) is 21.9 Å². The van der Waals surface area contributed by atoms with Crippen molar-refractivity contribution in [1.82, 2.24) is 0 Å². The van der Waals surface area contributed by atoms with Gasteiger partial charge in [-0.1, -0.05) is 35.3 Å². The monoisotopic (exact) mass is 414 g/mol. The maximum absolute atomic E-state index is 12.6. The van der Waals surface area contributed by atoms with Crippen LogP contribution in [0.4, 0.5) is 11.4 Å². The van der Waals surface area contributed by atoms with Crippen molar-refractivity contribution in [1.29, 1.82) is 0 Å². The van der Waals surface area contributed by atoms with Crippen LogP contribution >= 0.6 is 23.2 Å². The molecular weight excluding hydrogens is 399 g/mol. The maximum Gasteiger partial charge on any atom is 0.267 e. The molecule has 1 heterocycles. The van der Waals surface area contributed by atoms with E-state index in [9.17, 15) is 13.2 Å². The SMILES string of the molecule is CCS(=O)(=O)N1C[C@H](C(=O)Nc2ccc(Cl)c(Cl)c2)Oc2ccccc21. The Morgan fingerprint density at radius 3 is 2.65 bits per heavy atom. The summed E-state index contributed by atoms with van der Waals surface area (Å²) in [5, 5.41) is 3.34. The predicted octanol–water partition coefficient (Wildman–Crippen LogP) is 3.55. The quantitative estimate of drug-likeness (QED) is 0.829. The summed E-state index contributed by atoms with van der Waals surface area (Å²) in [7, 11) is -3.55. The van der Waals surface area contributed by atoms with Crippen molar-refractivity contribution < 1.29 is 17.9 Å². The van der Waals surface area contributed by atoms with Gasteiger partial charge in [0, 0.05) is 5.69 Å². The largest absolute Gasteiger partial charge is 0.476 e. The standard InChI is InChI=1S/C17H16Cl2N2O4S/c1-2-26(23,24)21-10-16(25-15-6-4-3-5-14(15)21)17(22)20-11-7-8-12(18)13(19)9-11/h3-9,16H,2,10H2,1H3,(H,20,22)/t16-/m1/s1. The number of para-hydroxylation sites is 2. The van der Waals surface area contributed by atoms with Gasteiger partial charge in [-0.25, -0.2) is 8.42 Å². The number of carbonyl (C=O) groups is 1. The lowest BCUT2D eigenvalue weighted by Gasteiger charge is -2.34. The number of hydrogen-bond acceptors (Lipinski definition) is 4. The Balaban J connectivity index is 1.87. The van der Waals surface area contributed by atoms with E-state index in [1.165, 1.54) is 10.4 Å². The molecule has 0 spiro atoms. The van der Waals surface area contributed by atoms with Crippen LogP contribution in [0.25, 0.3) is 0 Å². The van der Waals surface area contributed by atoms with Crippen molar-refractivity contribution in [3.8, 4) is 5.75 Å². The van der Waals surface area contributed by atoms with Crippen LogP contribution in [0.1, 0.15) is 6.92 Å². The number of fused-ring (bicyclic) bond motifs is 1. The molecule has 1 aliphatic rings. The molecule has 1 atom stereocenters. The van der Waals surface area contributed by atoms with Gasteiger partial charge in [-0.15, -0.1) is 0 Å². The summed E-state index contributed by atoms with van der Waals surface area (Å²) in [6, 6.07) is 11.4. The molecular formula is C17H16Cl2N2O4S. The highest BCUT2D eigenvalue weighted by Crippen LogP contribution is 2.35. The third-order valence-corrected chi connectivity index (χ3v) is 6.40. The van der Waals surface area contributed by atoms with Gasteiger partial charge in [-0.2, -0.15) is 0 Å². The molecule has 0 bridgehead atoms. The van der Waals surface area contributed by atoms with Gasteiger partial charge in [0.15, 0.2) is 6.10 Å². The highest BCUT2D eigenvalue weighted by molar-refractivity contribution is 7.92. The zero-order valence-electron chi connectivity index (χ0n) is 13.8. The van der Waals surface area contributed by atoms with E-state index in [0.717, 1.165) is 0 Å². The van der Waals surface area contributed by atoms with Crippen LogP contribution in [-0.2, 0) is 14.8 Å². The molecule has 0 unspecified atom stereocenters. The number of amides is 1. The topological polar surface area (TPSA) is 75.7 Å². The summed E-state index contributed by atoms with van der Waals surface area (Å²) in [6.07, 6.45) is -0.999. The molecule has 1 aliphatic heterocycles. The number of ether oxygens (including phenoxy) is 1. The zero-order valence-corrected chi connectivity index (χ0v) is 16.1. The van der Waals surface area contributed by atoms with Crippen LogP contribution in [0.5, 0.6) is 5.75 Å². The third-order valence-electron chi connectivity index (χ3n) is 3.91. The first-order chi connectivity index (χ1) is 12.3. The average Bonchev–Trinajstić information content (AvgIpc) is 2.63. The smallest absolute Gasteiger partial charge is 0.267 e. The van der Waals surface area contributed by atoms with Gasteiger partial charge in [-0.05, 0) is 37.3 Å². The molecule has 6 nitrogen and oxygen atoms in total. The Hall–Kier alpha value is -1.96. The minimum Gasteiger partial charge on any atom is -0.476 e. The summed E-state index contributed by atoms with van der Waals surface area (Å²) in [6.45, 7) is 1.44. The molecule has 1 N–H and O–H groups in total. The van der Waals surface area contributed by atoms with Crippen LogP contribution < -0.4 is 14.4 Å². The fraction of sp³-hybridized carbons (Fsp3) is 0.235. The zero-order chi connectivity index (χ0) is 18.9. The molecule has 9 heteroatoms. The number of halogens is 2. The van der Waals surface area contributed by atoms with E-state index in [-0.39, 0.29) is 12.3 Å². The normalized spacial score (nSPS) is 16.6. The van der Waals surface area contributed by atoms with Gasteiger partial charge >= 0.3 is 0 Å². The Kier molecular flexibility index (Phi) is 5.32. The molecule has 0 saturated carbocycles. The van der Waals surface area contributed by atoms with Crippen molar-refractivity contribution in [3.05, 3.63) is 52.5 Å².